The van der Waals surface area contributed by atoms with E-state index in [9.17, 15) is 5.26 Å². The predicted octanol–water partition coefficient (Wildman–Crippen LogP) is 15.1. The van der Waals surface area contributed by atoms with Crippen LogP contribution in [0.2, 0.25) is 0 Å². The summed E-state index contributed by atoms with van der Waals surface area (Å²) >= 11 is 3.39. The van der Waals surface area contributed by atoms with Gasteiger partial charge >= 0.3 is 0 Å². The maximum absolute atomic E-state index is 10.3. The fraction of sp³-hybridized carbons (Fsp3) is 0. The van der Waals surface area contributed by atoms with Gasteiger partial charge in [-0.15, -0.1) is 22.7 Å². The van der Waals surface area contributed by atoms with Gasteiger partial charge in [-0.05, 0) is 120 Å². The van der Waals surface area contributed by atoms with E-state index in [0.29, 0.717) is 5.56 Å². The van der Waals surface area contributed by atoms with E-state index >= 15 is 0 Å². The van der Waals surface area contributed by atoms with Gasteiger partial charge in [0.25, 0.3) is 0 Å². The topological polar surface area (TPSA) is 35.2 Å². The summed E-state index contributed by atoms with van der Waals surface area (Å²) in [6.45, 7) is 0. The highest BCUT2D eigenvalue weighted by Crippen LogP contribution is 2.47. The van der Waals surface area contributed by atoms with Gasteiger partial charge in [-0.25, -0.2) is 0 Å². The molecule has 0 saturated carbocycles. The Bertz CT molecular complexity index is 2730. The molecule has 0 spiro atoms. The molecule has 0 aliphatic heterocycles. The molecule has 0 bridgehead atoms. The Balaban J connectivity index is 1.31. The van der Waals surface area contributed by atoms with Crippen LogP contribution in [0.15, 0.2) is 205 Å². The number of hydrogen-bond acceptors (Lipinski definition) is 5. The molecule has 0 aliphatic carbocycles. The summed E-state index contributed by atoms with van der Waals surface area (Å²) in [7, 11) is 0. The number of benzene rings is 7. The van der Waals surface area contributed by atoms with Gasteiger partial charge in [0, 0.05) is 65.8 Å². The number of rotatable bonds is 9. The third kappa shape index (κ3) is 6.26. The second-order valence-electron chi connectivity index (χ2n) is 13.7. The number of anilines is 6. The van der Waals surface area contributed by atoms with Gasteiger partial charge in [-0.2, -0.15) is 5.26 Å². The highest BCUT2D eigenvalue weighted by Gasteiger charge is 2.24. The molecule has 3 aromatic heterocycles. The van der Waals surface area contributed by atoms with Crippen LogP contribution >= 0.6 is 22.7 Å². The minimum Gasteiger partial charge on any atom is -0.310 e. The van der Waals surface area contributed by atoms with E-state index in [4.69, 9.17) is 0 Å². The summed E-state index contributed by atoms with van der Waals surface area (Å²) in [6, 6.07) is 71.0. The standard InChI is InChI=1S/C51H34N4S2/c52-35-36-31-45(49-23-13-29-56-49)51(46(32-36)50-24-14-30-57-50)55-47-27-25-41(53(37-15-5-1-6-16-37)38-17-7-2-8-18-38)33-43(47)44-34-42(26-28-48(44)55)54(39-19-9-3-10-20-39)40-21-11-4-12-22-40/h1-34H. The second kappa shape index (κ2) is 14.8. The molecule has 270 valence electrons. The molecule has 0 saturated heterocycles. The van der Waals surface area contributed by atoms with Crippen molar-refractivity contribution in [2.24, 2.45) is 0 Å². The fourth-order valence-corrected chi connectivity index (χ4v) is 9.39. The number of para-hydroxylation sites is 4. The first-order chi connectivity index (χ1) is 28.2. The molecule has 0 amide bonds. The number of fused-ring (bicyclic) bond motifs is 3. The van der Waals surface area contributed by atoms with E-state index in [1.54, 1.807) is 22.7 Å². The second-order valence-corrected chi connectivity index (χ2v) is 15.6. The molecule has 10 aromatic rings. The van der Waals surface area contributed by atoms with E-state index in [-0.39, 0.29) is 0 Å². The van der Waals surface area contributed by atoms with Crippen molar-refractivity contribution in [3.8, 4) is 32.6 Å². The first-order valence-corrected chi connectivity index (χ1v) is 20.6. The Morgan fingerprint density at radius 3 is 1.12 bits per heavy atom. The Morgan fingerprint density at radius 2 is 0.789 bits per heavy atom. The predicted molar refractivity (Wildman–Crippen MR) is 241 cm³/mol. The minimum atomic E-state index is 0.638. The van der Waals surface area contributed by atoms with E-state index in [2.05, 4.69) is 225 Å². The third-order valence-corrected chi connectivity index (χ3v) is 12.1. The molecule has 0 unspecified atom stereocenters. The van der Waals surface area contributed by atoms with Crippen LogP contribution in [0.3, 0.4) is 0 Å². The van der Waals surface area contributed by atoms with Crippen LogP contribution in [-0.2, 0) is 0 Å². The molecule has 3 heterocycles. The van der Waals surface area contributed by atoms with Crippen molar-refractivity contribution in [1.82, 2.24) is 4.57 Å². The first kappa shape index (κ1) is 34.3. The number of thiophene rings is 2. The van der Waals surface area contributed by atoms with Crippen LogP contribution < -0.4 is 9.80 Å². The van der Waals surface area contributed by atoms with Crippen LogP contribution in [0.1, 0.15) is 5.56 Å². The maximum atomic E-state index is 10.3. The van der Waals surface area contributed by atoms with Gasteiger partial charge in [0.05, 0.1) is 28.4 Å². The van der Waals surface area contributed by atoms with Gasteiger partial charge in [0.2, 0.25) is 0 Å². The quantitative estimate of drug-likeness (QED) is 0.147. The molecule has 57 heavy (non-hydrogen) atoms. The molecule has 0 atom stereocenters. The molecule has 0 fully saturated rings. The van der Waals surface area contributed by atoms with Crippen LogP contribution in [0.4, 0.5) is 34.1 Å². The molecule has 7 aromatic carbocycles. The summed E-state index contributed by atoms with van der Waals surface area (Å²) in [5.41, 5.74) is 12.4. The highest BCUT2D eigenvalue weighted by molar-refractivity contribution is 7.14. The van der Waals surface area contributed by atoms with Gasteiger partial charge in [-0.3, -0.25) is 0 Å². The van der Waals surface area contributed by atoms with Crippen LogP contribution in [0.25, 0.3) is 48.4 Å². The largest absolute Gasteiger partial charge is 0.310 e. The van der Waals surface area contributed by atoms with Crippen molar-refractivity contribution in [2.75, 3.05) is 9.80 Å². The Labute approximate surface area is 339 Å². The molecular formula is C51H34N4S2. The molecule has 0 radical (unpaired) electrons. The molecule has 10 rings (SSSR count). The molecule has 0 aliphatic rings. The zero-order chi connectivity index (χ0) is 38.1. The minimum absolute atomic E-state index is 0.638. The lowest BCUT2D eigenvalue weighted by Gasteiger charge is -2.26. The van der Waals surface area contributed by atoms with E-state index in [0.717, 1.165) is 82.5 Å². The average molecular weight is 767 g/mol. The lowest BCUT2D eigenvalue weighted by atomic mass is 10.00. The summed E-state index contributed by atoms with van der Waals surface area (Å²) in [4.78, 5) is 6.87. The first-order valence-electron chi connectivity index (χ1n) is 18.8. The van der Waals surface area contributed by atoms with Gasteiger partial charge in [-0.1, -0.05) is 84.9 Å². The van der Waals surface area contributed by atoms with E-state index in [1.807, 2.05) is 0 Å². The van der Waals surface area contributed by atoms with E-state index in [1.165, 1.54) is 0 Å². The lowest BCUT2D eigenvalue weighted by Crippen LogP contribution is -2.09. The van der Waals surface area contributed by atoms with Crippen LogP contribution in [0, 0.1) is 11.3 Å². The smallest absolute Gasteiger partial charge is 0.0992 e. The van der Waals surface area contributed by atoms with Gasteiger partial charge in [0.1, 0.15) is 0 Å². The van der Waals surface area contributed by atoms with E-state index < -0.39 is 0 Å². The molecule has 6 heteroatoms. The van der Waals surface area contributed by atoms with Crippen molar-refractivity contribution in [3.05, 3.63) is 210 Å². The Hall–Kier alpha value is -7.17. The monoisotopic (exact) mass is 766 g/mol. The van der Waals surface area contributed by atoms with Gasteiger partial charge in [0.15, 0.2) is 0 Å². The van der Waals surface area contributed by atoms with Crippen molar-refractivity contribution in [2.45, 2.75) is 0 Å². The van der Waals surface area contributed by atoms with Crippen LogP contribution in [0.5, 0.6) is 0 Å². The van der Waals surface area contributed by atoms with Crippen molar-refractivity contribution < 1.29 is 0 Å². The number of nitriles is 1. The lowest BCUT2D eigenvalue weighted by molar-refractivity contribution is 1.18. The van der Waals surface area contributed by atoms with Crippen molar-refractivity contribution in [1.29, 1.82) is 5.26 Å². The molecule has 4 nitrogen and oxygen atoms in total. The highest BCUT2D eigenvalue weighted by atomic mass is 32.1. The zero-order valence-corrected chi connectivity index (χ0v) is 32.4. The van der Waals surface area contributed by atoms with Gasteiger partial charge < -0.3 is 14.4 Å². The van der Waals surface area contributed by atoms with Crippen LogP contribution in [-0.4, -0.2) is 4.57 Å². The number of hydrogen-bond donors (Lipinski definition) is 0. The third-order valence-electron chi connectivity index (χ3n) is 10.3. The average Bonchev–Trinajstić information content (AvgIpc) is 4.07. The van der Waals surface area contributed by atoms with Crippen molar-refractivity contribution in [3.63, 3.8) is 0 Å². The normalized spacial score (nSPS) is 11.1. The fourth-order valence-electron chi connectivity index (χ4n) is 7.90. The maximum Gasteiger partial charge on any atom is 0.0992 e. The Kier molecular flexibility index (Phi) is 8.92. The Morgan fingerprint density at radius 1 is 0.404 bits per heavy atom. The summed E-state index contributed by atoms with van der Waals surface area (Å²) in [6.07, 6.45) is 0. The van der Waals surface area contributed by atoms with Crippen molar-refractivity contribution >= 4 is 78.6 Å². The summed E-state index contributed by atoms with van der Waals surface area (Å²) in [5.74, 6) is 0. The number of nitrogens with zero attached hydrogens (tertiary/aromatic N) is 4. The SMILES string of the molecule is N#Cc1cc(-c2cccs2)c(-n2c3ccc(N(c4ccccc4)c4ccccc4)cc3c3cc(N(c4ccccc4)c4ccccc4)ccc32)c(-c2cccs2)c1. The molecule has 0 N–H and O–H groups in total. The number of aromatic nitrogens is 1. The summed E-state index contributed by atoms with van der Waals surface area (Å²) < 4.78 is 2.42. The molecular weight excluding hydrogens is 733 g/mol. The summed E-state index contributed by atoms with van der Waals surface area (Å²) in [5, 5.41) is 16.8. The zero-order valence-electron chi connectivity index (χ0n) is 30.7.